The number of nitrogens with zero attached hydrogens (tertiary/aromatic N) is 5. The molecule has 3 aliphatic rings. The lowest BCUT2D eigenvalue weighted by molar-refractivity contribution is -0.101. The first-order valence-corrected chi connectivity index (χ1v) is 15.3. The molecule has 2 heterocycles. The van der Waals surface area contributed by atoms with Gasteiger partial charge in [-0.2, -0.15) is 5.26 Å². The fourth-order valence-corrected chi connectivity index (χ4v) is 7.25. The van der Waals surface area contributed by atoms with Crippen molar-refractivity contribution in [3.05, 3.63) is 53.6 Å². The van der Waals surface area contributed by atoms with Crippen LogP contribution >= 0.6 is 0 Å². The third-order valence-corrected chi connectivity index (χ3v) is 10.1. The summed E-state index contributed by atoms with van der Waals surface area (Å²) in [6, 6.07) is 10.6. The fraction of sp³-hybridized carbons (Fsp3) is 0.500. The van der Waals surface area contributed by atoms with Crippen molar-refractivity contribution in [2.24, 2.45) is 5.41 Å². The lowest BCUT2D eigenvalue weighted by atomic mass is 9.56. The maximum Gasteiger partial charge on any atom is 0.196 e. The number of aromatic nitrogens is 2. The molecule has 0 radical (unpaired) electrons. The quantitative estimate of drug-likeness (QED) is 0.368. The second-order valence-electron chi connectivity index (χ2n) is 11.6. The number of hydrogen-bond acceptors (Lipinski definition) is 6. The van der Waals surface area contributed by atoms with Gasteiger partial charge in [0, 0.05) is 50.9 Å². The molecular weight excluding hydrogens is 527 g/mol. The summed E-state index contributed by atoms with van der Waals surface area (Å²) < 4.78 is 37.5. The Morgan fingerprint density at radius 3 is 2.70 bits per heavy atom. The molecule has 40 heavy (non-hydrogen) atoms. The molecule has 3 fully saturated rings. The van der Waals surface area contributed by atoms with Crippen molar-refractivity contribution >= 4 is 27.9 Å². The summed E-state index contributed by atoms with van der Waals surface area (Å²) in [7, 11) is 1.68. The van der Waals surface area contributed by atoms with E-state index in [1.165, 1.54) is 57.3 Å². The van der Waals surface area contributed by atoms with E-state index in [0.29, 0.717) is 29.1 Å². The van der Waals surface area contributed by atoms with Gasteiger partial charge in [-0.1, -0.05) is 26.2 Å². The van der Waals surface area contributed by atoms with Crippen molar-refractivity contribution < 1.29 is 13.3 Å². The lowest BCUT2D eigenvalue weighted by Gasteiger charge is -2.61. The fourth-order valence-electron chi connectivity index (χ4n) is 6.50. The van der Waals surface area contributed by atoms with Crippen molar-refractivity contribution in [1.82, 2.24) is 19.2 Å². The molecule has 1 N–H and O–H groups in total. The monoisotopic (exact) mass is 562 g/mol. The summed E-state index contributed by atoms with van der Waals surface area (Å²) in [5.41, 5.74) is 3.02. The molecule has 1 aromatic heterocycles. The molecule has 0 amide bonds. The minimum Gasteiger partial charge on any atom is -0.453 e. The van der Waals surface area contributed by atoms with Crippen molar-refractivity contribution in [2.75, 3.05) is 31.4 Å². The van der Waals surface area contributed by atoms with E-state index < -0.39 is 17.0 Å². The van der Waals surface area contributed by atoms with Gasteiger partial charge in [0.25, 0.3) is 0 Å². The molecule has 2 aromatic carbocycles. The molecule has 1 unspecified atom stereocenters. The van der Waals surface area contributed by atoms with Crippen LogP contribution in [0.4, 0.5) is 10.1 Å². The molecular formula is C30H35FN6O2S. The Kier molecular flexibility index (Phi) is 7.46. The van der Waals surface area contributed by atoms with Crippen molar-refractivity contribution in [3.8, 4) is 17.6 Å². The maximum absolute atomic E-state index is 14.8. The zero-order valence-electron chi connectivity index (χ0n) is 23.0. The molecule has 8 nitrogen and oxygen atoms in total. The minimum absolute atomic E-state index is 0.0553. The van der Waals surface area contributed by atoms with E-state index in [2.05, 4.69) is 14.6 Å². The number of benzene rings is 2. The summed E-state index contributed by atoms with van der Waals surface area (Å²) in [4.78, 5) is 12.2. The highest BCUT2D eigenvalue weighted by Crippen LogP contribution is 2.56. The second kappa shape index (κ2) is 11.0. The Morgan fingerprint density at radius 2 is 1.98 bits per heavy atom. The average molecular weight is 563 g/mol. The molecule has 3 aromatic rings. The van der Waals surface area contributed by atoms with Crippen molar-refractivity contribution in [1.29, 1.82) is 5.26 Å². The summed E-state index contributed by atoms with van der Waals surface area (Å²) in [5.74, 6) is -0.146. The van der Waals surface area contributed by atoms with Crippen LogP contribution in [0.3, 0.4) is 0 Å². The number of halogens is 1. The number of hydrogen-bond donors (Lipinski definition) is 1. The highest BCUT2D eigenvalue weighted by molar-refractivity contribution is 7.84. The normalized spacial score (nSPS) is 20.2. The van der Waals surface area contributed by atoms with Gasteiger partial charge >= 0.3 is 0 Å². The lowest BCUT2D eigenvalue weighted by Crippen LogP contribution is -2.64. The molecule has 6 rings (SSSR count). The summed E-state index contributed by atoms with van der Waals surface area (Å²) >= 11 is -1.58. The molecule has 0 bridgehead atoms. The van der Waals surface area contributed by atoms with E-state index in [-0.39, 0.29) is 17.0 Å². The van der Waals surface area contributed by atoms with Crippen LogP contribution in [0.1, 0.15) is 69.0 Å². The Morgan fingerprint density at radius 1 is 1.20 bits per heavy atom. The highest BCUT2D eigenvalue weighted by Gasteiger charge is 2.54. The average Bonchev–Trinajstić information content (AvgIpc) is 2.93. The van der Waals surface area contributed by atoms with E-state index in [4.69, 9.17) is 9.72 Å². The predicted octanol–water partition coefficient (Wildman–Crippen LogP) is 5.89. The molecule has 1 spiro atoms. The summed E-state index contributed by atoms with van der Waals surface area (Å²) in [5, 5.41) is 9.80. The van der Waals surface area contributed by atoms with Gasteiger partial charge in [0.1, 0.15) is 17.4 Å². The molecule has 210 valence electrons. The predicted molar refractivity (Wildman–Crippen MR) is 154 cm³/mol. The number of anilines is 1. The van der Waals surface area contributed by atoms with Crippen LogP contribution in [0, 0.1) is 22.6 Å². The maximum atomic E-state index is 14.8. The van der Waals surface area contributed by atoms with Crippen molar-refractivity contribution in [3.63, 3.8) is 0 Å². The SMILES string of the molecule is CCN(C)S(=O)Nc1ccc(F)c(Oc2ccc3ncc(C4CC5(C4)CN(C4CCCCC4)C5)nc3c2)c1C#N. The van der Waals surface area contributed by atoms with Crippen LogP contribution in [0.15, 0.2) is 36.5 Å². The number of nitriles is 1. The van der Waals surface area contributed by atoms with Crippen LogP contribution < -0.4 is 9.46 Å². The Bertz CT molecular complexity index is 1470. The highest BCUT2D eigenvalue weighted by atomic mass is 32.2. The van der Waals surface area contributed by atoms with Gasteiger partial charge in [0.05, 0.1) is 22.4 Å². The number of nitrogens with one attached hydrogen (secondary N) is 1. The Hall–Kier alpha value is -3.13. The minimum atomic E-state index is -1.58. The first kappa shape index (κ1) is 27.1. The van der Waals surface area contributed by atoms with Gasteiger partial charge in [0.15, 0.2) is 22.7 Å². The van der Waals surface area contributed by atoms with Crippen LogP contribution in [0.2, 0.25) is 0 Å². The molecule has 10 heteroatoms. The first-order valence-electron chi connectivity index (χ1n) is 14.2. The molecule has 1 atom stereocenters. The number of likely N-dealkylation sites (tertiary alicyclic amines) is 1. The van der Waals surface area contributed by atoms with E-state index in [1.807, 2.05) is 19.2 Å². The number of ether oxygens (including phenoxy) is 1. The van der Waals surface area contributed by atoms with E-state index in [0.717, 1.165) is 30.1 Å². The Labute approximate surface area is 237 Å². The summed E-state index contributed by atoms with van der Waals surface area (Å²) in [6.07, 6.45) is 11.0. The van der Waals surface area contributed by atoms with Gasteiger partial charge in [-0.05, 0) is 55.4 Å². The number of rotatable bonds is 8. The third-order valence-electron chi connectivity index (χ3n) is 8.84. The smallest absolute Gasteiger partial charge is 0.196 e. The largest absolute Gasteiger partial charge is 0.453 e. The van der Waals surface area contributed by atoms with Crippen LogP contribution in [0.25, 0.3) is 11.0 Å². The van der Waals surface area contributed by atoms with Crippen molar-refractivity contribution in [2.45, 2.75) is 63.8 Å². The standard InChI is InChI=1S/C30H35FN6O2S/c1-3-36(2)40(38)35-25-12-10-24(31)29(23(25)16-32)39-22-9-11-26-27(13-22)34-28(17-33-26)20-14-30(15-20)18-37(19-30)21-7-5-4-6-8-21/h9-13,17,20-21,35H,3-8,14-15,18-19H2,1-2H3. The van der Waals surface area contributed by atoms with E-state index >= 15 is 0 Å². The Balaban J connectivity index is 1.16. The first-order chi connectivity index (χ1) is 19.4. The van der Waals surface area contributed by atoms with Gasteiger partial charge in [-0.15, -0.1) is 0 Å². The topological polar surface area (TPSA) is 94.4 Å². The van der Waals surface area contributed by atoms with E-state index in [1.54, 1.807) is 29.6 Å². The zero-order valence-corrected chi connectivity index (χ0v) is 23.8. The molecule has 2 aliphatic carbocycles. The van der Waals surface area contributed by atoms with Gasteiger partial charge in [-0.25, -0.2) is 17.9 Å². The third kappa shape index (κ3) is 5.18. The molecule has 1 saturated heterocycles. The van der Waals surface area contributed by atoms with Crippen LogP contribution in [0.5, 0.6) is 11.5 Å². The van der Waals surface area contributed by atoms with E-state index in [9.17, 15) is 13.9 Å². The van der Waals surface area contributed by atoms with Crippen LogP contribution in [-0.4, -0.2) is 56.1 Å². The molecule has 2 saturated carbocycles. The zero-order chi connectivity index (χ0) is 27.9. The summed E-state index contributed by atoms with van der Waals surface area (Å²) in [6.45, 7) is 4.83. The number of fused-ring (bicyclic) bond motifs is 1. The second-order valence-corrected chi connectivity index (χ2v) is 12.9. The molecule has 1 aliphatic heterocycles. The van der Waals surface area contributed by atoms with Gasteiger partial charge < -0.3 is 4.74 Å². The van der Waals surface area contributed by atoms with Gasteiger partial charge in [-0.3, -0.25) is 14.6 Å². The van der Waals surface area contributed by atoms with Crippen LogP contribution in [-0.2, 0) is 11.2 Å². The van der Waals surface area contributed by atoms with Gasteiger partial charge in [0.2, 0.25) is 0 Å².